The topological polar surface area (TPSA) is 128 Å². The van der Waals surface area contributed by atoms with E-state index >= 15 is 0 Å². The number of carboxylic acid groups (broad SMARTS) is 1. The fraction of sp³-hybridized carbons (Fsp3) is 0.250. The van der Waals surface area contributed by atoms with Crippen LogP contribution >= 0.6 is 0 Å². The zero-order valence-electron chi connectivity index (χ0n) is 15.6. The highest BCUT2D eigenvalue weighted by Gasteiger charge is 2.25. The van der Waals surface area contributed by atoms with E-state index in [0.717, 1.165) is 19.1 Å². The van der Waals surface area contributed by atoms with Crippen LogP contribution in [0.3, 0.4) is 0 Å². The summed E-state index contributed by atoms with van der Waals surface area (Å²) in [6.45, 7) is 1.09. The molecule has 1 heterocycles. The molecule has 29 heavy (non-hydrogen) atoms. The molecule has 9 heteroatoms. The molecule has 0 spiro atoms. The highest BCUT2D eigenvalue weighted by molar-refractivity contribution is 7.88. The Morgan fingerprint density at radius 2 is 1.76 bits per heavy atom. The Bertz CT molecular complexity index is 1040. The van der Waals surface area contributed by atoms with E-state index in [9.17, 15) is 23.1 Å². The molecule has 1 saturated heterocycles. The Hall–Kier alpha value is -3.04. The summed E-state index contributed by atoms with van der Waals surface area (Å²) in [5.41, 5.74) is 1.26. The molecule has 1 fully saturated rings. The number of carbonyl (C=O) groups is 2. The monoisotopic (exact) mass is 415 g/mol. The maximum absolute atomic E-state index is 12.5. The minimum absolute atomic E-state index is 0.118. The first kappa shape index (κ1) is 20.7. The van der Waals surface area contributed by atoms with E-state index in [4.69, 9.17) is 5.41 Å². The van der Waals surface area contributed by atoms with Gasteiger partial charge in [0.05, 0.1) is 17.0 Å². The molecule has 152 valence electrons. The van der Waals surface area contributed by atoms with Gasteiger partial charge < -0.3 is 15.8 Å². The minimum Gasteiger partial charge on any atom is -0.478 e. The molecule has 8 nitrogen and oxygen atoms in total. The van der Waals surface area contributed by atoms with Crippen molar-refractivity contribution in [2.75, 3.05) is 18.4 Å². The second-order valence-corrected chi connectivity index (χ2v) is 8.74. The second kappa shape index (κ2) is 8.54. The van der Waals surface area contributed by atoms with Crippen LogP contribution in [0, 0.1) is 5.41 Å². The molecule has 1 aliphatic rings. The maximum atomic E-state index is 12.5. The predicted molar refractivity (Wildman–Crippen MR) is 109 cm³/mol. The van der Waals surface area contributed by atoms with Crippen molar-refractivity contribution in [3.8, 4) is 0 Å². The normalized spacial score (nSPS) is 14.5. The molecule has 2 aromatic rings. The summed E-state index contributed by atoms with van der Waals surface area (Å²) in [7, 11) is -3.37. The van der Waals surface area contributed by atoms with Gasteiger partial charge in [-0.25, -0.2) is 17.5 Å². The van der Waals surface area contributed by atoms with Crippen LogP contribution in [0.2, 0.25) is 0 Å². The average molecular weight is 415 g/mol. The number of carbonyl (C=O) groups excluding carboxylic acids is 1. The van der Waals surface area contributed by atoms with Crippen molar-refractivity contribution in [2.24, 2.45) is 0 Å². The number of hydrogen-bond acceptors (Lipinski definition) is 5. The van der Waals surface area contributed by atoms with Gasteiger partial charge in [-0.3, -0.25) is 4.79 Å². The standard InChI is InChI=1S/C20H21N3O5S/c21-12-15-5-8-18(17(11-15)20(25)26)22-19(24)16-6-3-14(4-7-16)13-29(27,28)23-9-1-2-10-23/h3-8,11-12,21H,1-2,9-10,13H2,(H,22,24)(H,25,26). The number of benzene rings is 2. The third-order valence-electron chi connectivity index (χ3n) is 4.71. The fourth-order valence-electron chi connectivity index (χ4n) is 3.15. The summed E-state index contributed by atoms with van der Waals surface area (Å²) in [5.74, 6) is -1.85. The van der Waals surface area contributed by atoms with Crippen molar-refractivity contribution < 1.29 is 23.1 Å². The van der Waals surface area contributed by atoms with Crippen LogP contribution in [0.25, 0.3) is 0 Å². The summed E-state index contributed by atoms with van der Waals surface area (Å²) in [6.07, 6.45) is 2.77. The van der Waals surface area contributed by atoms with Gasteiger partial charge in [0.15, 0.2) is 0 Å². The molecule has 3 rings (SSSR count). The Kier molecular flexibility index (Phi) is 6.09. The van der Waals surface area contributed by atoms with Gasteiger partial charge in [-0.05, 0) is 48.2 Å². The smallest absolute Gasteiger partial charge is 0.337 e. The number of aromatic carboxylic acids is 1. The lowest BCUT2D eigenvalue weighted by Crippen LogP contribution is -2.29. The van der Waals surface area contributed by atoms with Crippen molar-refractivity contribution >= 4 is 33.8 Å². The zero-order chi connectivity index (χ0) is 21.0. The van der Waals surface area contributed by atoms with E-state index in [-0.39, 0.29) is 22.6 Å². The average Bonchev–Trinajstić information content (AvgIpc) is 3.24. The van der Waals surface area contributed by atoms with Crippen LogP contribution < -0.4 is 5.32 Å². The Morgan fingerprint density at radius 1 is 1.10 bits per heavy atom. The molecule has 1 aliphatic heterocycles. The number of sulfonamides is 1. The van der Waals surface area contributed by atoms with E-state index in [2.05, 4.69) is 5.32 Å². The van der Waals surface area contributed by atoms with Crippen LogP contribution in [0.5, 0.6) is 0 Å². The molecular formula is C20H21N3O5S. The van der Waals surface area contributed by atoms with Gasteiger partial charge in [-0.1, -0.05) is 18.2 Å². The van der Waals surface area contributed by atoms with E-state index < -0.39 is 21.9 Å². The third kappa shape index (κ3) is 4.87. The van der Waals surface area contributed by atoms with Crippen molar-refractivity contribution in [3.63, 3.8) is 0 Å². The highest BCUT2D eigenvalue weighted by atomic mass is 32.2. The van der Waals surface area contributed by atoms with E-state index in [0.29, 0.717) is 24.2 Å². The maximum Gasteiger partial charge on any atom is 0.337 e. The zero-order valence-corrected chi connectivity index (χ0v) is 16.4. The van der Waals surface area contributed by atoms with E-state index in [1.807, 2.05) is 0 Å². The van der Waals surface area contributed by atoms with Crippen LogP contribution in [0.1, 0.15) is 44.7 Å². The second-order valence-electron chi connectivity index (χ2n) is 6.77. The highest BCUT2D eigenvalue weighted by Crippen LogP contribution is 2.20. The van der Waals surface area contributed by atoms with Crippen LogP contribution in [-0.2, 0) is 15.8 Å². The molecule has 1 amide bonds. The van der Waals surface area contributed by atoms with E-state index in [1.54, 1.807) is 12.1 Å². The van der Waals surface area contributed by atoms with Gasteiger partial charge in [0, 0.05) is 24.9 Å². The summed E-state index contributed by atoms with van der Waals surface area (Å²) in [5, 5.41) is 19.1. The molecule has 2 aromatic carbocycles. The summed E-state index contributed by atoms with van der Waals surface area (Å²) < 4.78 is 26.3. The first-order valence-electron chi connectivity index (χ1n) is 9.06. The third-order valence-corrected chi connectivity index (χ3v) is 6.56. The summed E-state index contributed by atoms with van der Waals surface area (Å²) in [6, 6.07) is 10.4. The number of nitrogens with zero attached hydrogens (tertiary/aromatic N) is 1. The van der Waals surface area contributed by atoms with E-state index in [1.165, 1.54) is 34.6 Å². The number of anilines is 1. The van der Waals surface area contributed by atoms with Gasteiger partial charge >= 0.3 is 5.97 Å². The van der Waals surface area contributed by atoms with Crippen molar-refractivity contribution in [3.05, 3.63) is 64.7 Å². The molecule has 0 bridgehead atoms. The number of amides is 1. The number of rotatable bonds is 7. The lowest BCUT2D eigenvalue weighted by Gasteiger charge is -2.15. The molecule has 3 N–H and O–H groups in total. The van der Waals surface area contributed by atoms with Gasteiger partial charge in [0.1, 0.15) is 0 Å². The van der Waals surface area contributed by atoms with Gasteiger partial charge in [0.2, 0.25) is 10.0 Å². The predicted octanol–water partition coefficient (Wildman–Crippen LogP) is 2.56. The molecule has 0 aromatic heterocycles. The van der Waals surface area contributed by atoms with Crippen molar-refractivity contribution in [1.82, 2.24) is 4.31 Å². The SMILES string of the molecule is N=Cc1ccc(NC(=O)c2ccc(CS(=O)(=O)N3CCCC3)cc2)c(C(=O)O)c1. The van der Waals surface area contributed by atoms with Crippen LogP contribution in [0.4, 0.5) is 5.69 Å². The lowest BCUT2D eigenvalue weighted by molar-refractivity contribution is 0.0698. The van der Waals surface area contributed by atoms with Crippen LogP contribution in [-0.4, -0.2) is 49.0 Å². The molecule has 0 saturated carbocycles. The molecule has 0 aliphatic carbocycles. The number of carboxylic acids is 1. The molecule has 0 unspecified atom stereocenters. The van der Waals surface area contributed by atoms with Gasteiger partial charge in [-0.15, -0.1) is 0 Å². The molecule has 0 atom stereocenters. The molecular weight excluding hydrogens is 394 g/mol. The number of nitrogens with one attached hydrogen (secondary N) is 2. The van der Waals surface area contributed by atoms with Gasteiger partial charge in [0.25, 0.3) is 5.91 Å². The Balaban J connectivity index is 1.73. The Morgan fingerprint density at radius 3 is 2.34 bits per heavy atom. The first-order valence-corrected chi connectivity index (χ1v) is 10.7. The molecule has 0 radical (unpaired) electrons. The Labute approximate surface area is 168 Å². The van der Waals surface area contributed by atoms with Crippen molar-refractivity contribution in [2.45, 2.75) is 18.6 Å². The van der Waals surface area contributed by atoms with Crippen LogP contribution in [0.15, 0.2) is 42.5 Å². The fourth-order valence-corrected chi connectivity index (χ4v) is 4.76. The minimum atomic E-state index is -3.37. The lowest BCUT2D eigenvalue weighted by atomic mass is 10.1. The van der Waals surface area contributed by atoms with Gasteiger partial charge in [-0.2, -0.15) is 0 Å². The summed E-state index contributed by atoms with van der Waals surface area (Å²) >= 11 is 0. The number of hydrogen-bond donors (Lipinski definition) is 3. The summed E-state index contributed by atoms with van der Waals surface area (Å²) in [4.78, 5) is 23.9. The van der Waals surface area contributed by atoms with Crippen molar-refractivity contribution in [1.29, 1.82) is 5.41 Å². The largest absolute Gasteiger partial charge is 0.478 e. The first-order chi connectivity index (χ1) is 13.8. The quantitative estimate of drug-likeness (QED) is 0.599.